The Hall–Kier alpha value is -2.36. The van der Waals surface area contributed by atoms with Crippen LogP contribution in [0.1, 0.15) is 5.56 Å². The Morgan fingerprint density at radius 2 is 2.12 bits per heavy atom. The molecule has 0 aliphatic heterocycles. The summed E-state index contributed by atoms with van der Waals surface area (Å²) in [5.41, 5.74) is 7.77. The zero-order valence-electron chi connectivity index (χ0n) is 9.34. The van der Waals surface area contributed by atoms with Crippen molar-refractivity contribution < 1.29 is 4.42 Å². The van der Waals surface area contributed by atoms with Gasteiger partial charge < -0.3 is 10.2 Å². The van der Waals surface area contributed by atoms with E-state index < -0.39 is 0 Å². The van der Waals surface area contributed by atoms with Gasteiger partial charge in [0.25, 0.3) is 0 Å². The Morgan fingerprint density at radius 1 is 1.24 bits per heavy atom. The molecule has 2 aromatic heterocycles. The first-order chi connectivity index (χ1) is 8.25. The summed E-state index contributed by atoms with van der Waals surface area (Å²) in [6, 6.07) is 6.05. The second kappa shape index (κ2) is 3.59. The van der Waals surface area contributed by atoms with Crippen LogP contribution in [0.2, 0.25) is 0 Å². The van der Waals surface area contributed by atoms with Gasteiger partial charge in [0.15, 0.2) is 12.2 Å². The number of hydrogen-bond donors (Lipinski definition) is 1. The number of rotatable bonds is 1. The number of fused-ring (bicyclic) bond motifs is 1. The van der Waals surface area contributed by atoms with Crippen molar-refractivity contribution in [3.05, 3.63) is 42.5 Å². The number of anilines is 1. The van der Waals surface area contributed by atoms with Gasteiger partial charge in [-0.25, -0.2) is 9.97 Å². The van der Waals surface area contributed by atoms with Gasteiger partial charge >= 0.3 is 0 Å². The van der Waals surface area contributed by atoms with E-state index >= 15 is 0 Å². The van der Waals surface area contributed by atoms with Crippen LogP contribution in [0, 0.1) is 6.92 Å². The fraction of sp³-hybridized carbons (Fsp3) is 0.0769. The number of aromatic nitrogens is 2. The summed E-state index contributed by atoms with van der Waals surface area (Å²) in [4.78, 5) is 8.07. The summed E-state index contributed by atoms with van der Waals surface area (Å²) in [6.45, 7) is 1.97. The monoisotopic (exact) mass is 225 g/mol. The molecule has 0 saturated heterocycles. The zero-order chi connectivity index (χ0) is 11.8. The second-order valence-corrected chi connectivity index (χ2v) is 3.94. The molecule has 0 spiro atoms. The summed E-state index contributed by atoms with van der Waals surface area (Å²) in [7, 11) is 0. The first-order valence-electron chi connectivity index (χ1n) is 5.29. The molecule has 0 amide bonds. The van der Waals surface area contributed by atoms with Gasteiger partial charge in [0, 0.05) is 17.1 Å². The van der Waals surface area contributed by atoms with Crippen LogP contribution in [0.3, 0.4) is 0 Å². The lowest BCUT2D eigenvalue weighted by Crippen LogP contribution is -1.94. The predicted molar refractivity (Wildman–Crippen MR) is 66.4 cm³/mol. The molecule has 1 aromatic carbocycles. The molecular formula is C13H11N3O. The van der Waals surface area contributed by atoms with Crippen LogP contribution >= 0.6 is 0 Å². The van der Waals surface area contributed by atoms with Crippen LogP contribution in [0.25, 0.3) is 22.1 Å². The minimum absolute atomic E-state index is 0.574. The number of pyridine rings is 1. The minimum atomic E-state index is 0.574. The van der Waals surface area contributed by atoms with Gasteiger partial charge in [-0.05, 0) is 23.9 Å². The minimum Gasteiger partial charge on any atom is -0.444 e. The third-order valence-electron chi connectivity index (χ3n) is 2.90. The Bertz CT molecular complexity index is 674. The van der Waals surface area contributed by atoms with Crippen molar-refractivity contribution >= 4 is 16.6 Å². The maximum absolute atomic E-state index is 5.78. The number of benzene rings is 1. The second-order valence-electron chi connectivity index (χ2n) is 3.94. The van der Waals surface area contributed by atoms with Gasteiger partial charge in [0.2, 0.25) is 0 Å². The van der Waals surface area contributed by atoms with Gasteiger partial charge in [-0.2, -0.15) is 0 Å². The van der Waals surface area contributed by atoms with Crippen LogP contribution < -0.4 is 5.73 Å². The van der Waals surface area contributed by atoms with Crippen LogP contribution in [0.5, 0.6) is 0 Å². The highest BCUT2D eigenvalue weighted by atomic mass is 16.3. The van der Waals surface area contributed by atoms with Crippen molar-refractivity contribution in [2.45, 2.75) is 6.92 Å². The summed E-state index contributed by atoms with van der Waals surface area (Å²) in [5.74, 6) is 1.33. The highest BCUT2D eigenvalue weighted by Crippen LogP contribution is 2.27. The molecule has 2 heterocycles. The molecule has 0 radical (unpaired) electrons. The van der Waals surface area contributed by atoms with Crippen molar-refractivity contribution in [1.82, 2.24) is 9.97 Å². The van der Waals surface area contributed by atoms with Gasteiger partial charge in [-0.1, -0.05) is 12.1 Å². The molecule has 0 aliphatic carbocycles. The Labute approximate surface area is 98.1 Å². The van der Waals surface area contributed by atoms with Crippen LogP contribution in [-0.2, 0) is 0 Å². The fourth-order valence-electron chi connectivity index (χ4n) is 1.90. The average molecular weight is 225 g/mol. The largest absolute Gasteiger partial charge is 0.444 e. The SMILES string of the molecule is Cc1c(N)ncc2cc(-c3cnco3)ccc12. The van der Waals surface area contributed by atoms with Crippen LogP contribution in [0.4, 0.5) is 5.82 Å². The summed E-state index contributed by atoms with van der Waals surface area (Å²) < 4.78 is 5.27. The van der Waals surface area contributed by atoms with E-state index in [4.69, 9.17) is 10.2 Å². The highest BCUT2D eigenvalue weighted by Gasteiger charge is 2.06. The van der Waals surface area contributed by atoms with Gasteiger partial charge in [-0.15, -0.1) is 0 Å². The molecule has 3 rings (SSSR count). The lowest BCUT2D eigenvalue weighted by molar-refractivity contribution is 0.572. The summed E-state index contributed by atoms with van der Waals surface area (Å²) in [5, 5.41) is 2.16. The fourth-order valence-corrected chi connectivity index (χ4v) is 1.90. The number of oxazole rings is 1. The standard InChI is InChI=1S/C13H11N3O/c1-8-11-3-2-9(12-6-15-7-17-12)4-10(11)5-16-13(8)14/h2-7H,1H3,(H2,14,16). The van der Waals surface area contributed by atoms with E-state index in [1.54, 1.807) is 12.4 Å². The molecule has 2 N–H and O–H groups in total. The number of nitrogen functional groups attached to an aromatic ring is 1. The molecule has 84 valence electrons. The van der Waals surface area contributed by atoms with E-state index in [1.807, 2.05) is 25.1 Å². The zero-order valence-corrected chi connectivity index (χ0v) is 9.34. The van der Waals surface area contributed by atoms with Crippen molar-refractivity contribution in [3.63, 3.8) is 0 Å². The van der Waals surface area contributed by atoms with Crippen molar-refractivity contribution in [2.75, 3.05) is 5.73 Å². The molecule has 17 heavy (non-hydrogen) atoms. The van der Waals surface area contributed by atoms with Gasteiger partial charge in [0.1, 0.15) is 5.82 Å². The first kappa shape index (κ1) is 9.84. The van der Waals surface area contributed by atoms with E-state index in [9.17, 15) is 0 Å². The molecule has 0 atom stereocenters. The molecular weight excluding hydrogens is 214 g/mol. The Kier molecular flexibility index (Phi) is 2.08. The molecule has 0 fully saturated rings. The van der Waals surface area contributed by atoms with Crippen LogP contribution in [-0.4, -0.2) is 9.97 Å². The number of aryl methyl sites for hydroxylation is 1. The van der Waals surface area contributed by atoms with Gasteiger partial charge in [0.05, 0.1) is 6.20 Å². The smallest absolute Gasteiger partial charge is 0.181 e. The summed E-state index contributed by atoms with van der Waals surface area (Å²) in [6.07, 6.45) is 4.89. The third-order valence-corrected chi connectivity index (χ3v) is 2.90. The van der Waals surface area contributed by atoms with E-state index in [1.165, 1.54) is 6.39 Å². The van der Waals surface area contributed by atoms with Crippen molar-refractivity contribution in [3.8, 4) is 11.3 Å². The number of hydrogen-bond acceptors (Lipinski definition) is 4. The third kappa shape index (κ3) is 1.54. The quantitative estimate of drug-likeness (QED) is 0.691. The van der Waals surface area contributed by atoms with E-state index in [2.05, 4.69) is 9.97 Å². The van der Waals surface area contributed by atoms with Crippen molar-refractivity contribution in [1.29, 1.82) is 0 Å². The molecule has 0 aliphatic rings. The predicted octanol–water partition coefficient (Wildman–Crippen LogP) is 2.78. The average Bonchev–Trinajstić information content (AvgIpc) is 2.87. The highest BCUT2D eigenvalue weighted by molar-refractivity contribution is 5.90. The first-order valence-corrected chi connectivity index (χ1v) is 5.29. The molecule has 0 unspecified atom stereocenters. The molecule has 0 saturated carbocycles. The molecule has 3 aromatic rings. The maximum Gasteiger partial charge on any atom is 0.181 e. The lowest BCUT2D eigenvalue weighted by Gasteiger charge is -2.05. The maximum atomic E-state index is 5.78. The van der Waals surface area contributed by atoms with E-state index in [0.29, 0.717) is 5.82 Å². The summed E-state index contributed by atoms with van der Waals surface area (Å²) >= 11 is 0. The number of nitrogens with two attached hydrogens (primary N) is 1. The lowest BCUT2D eigenvalue weighted by atomic mass is 10.0. The van der Waals surface area contributed by atoms with E-state index in [-0.39, 0.29) is 0 Å². The Morgan fingerprint density at radius 3 is 2.88 bits per heavy atom. The Balaban J connectivity index is 2.24. The van der Waals surface area contributed by atoms with Crippen LogP contribution in [0.15, 0.2) is 41.4 Å². The van der Waals surface area contributed by atoms with Gasteiger partial charge in [-0.3, -0.25) is 0 Å². The van der Waals surface area contributed by atoms with E-state index in [0.717, 1.165) is 27.7 Å². The van der Waals surface area contributed by atoms with Crippen molar-refractivity contribution in [2.24, 2.45) is 0 Å². The molecule has 0 bridgehead atoms. The molecule has 4 heteroatoms. The normalized spacial score (nSPS) is 10.9. The molecule has 4 nitrogen and oxygen atoms in total. The topological polar surface area (TPSA) is 64.9 Å². The number of nitrogens with zero attached hydrogens (tertiary/aromatic N) is 2.